The van der Waals surface area contributed by atoms with Gasteiger partial charge in [0, 0.05) is 7.05 Å². The highest BCUT2D eigenvalue weighted by atomic mass is 35.5. The van der Waals surface area contributed by atoms with Gasteiger partial charge in [0.2, 0.25) is 0 Å². The number of nitrogen functional groups attached to an aromatic ring is 1. The number of hydrogen-bond acceptors (Lipinski definition) is 2. The Balaban J connectivity index is 0.000001000. The predicted octanol–water partition coefficient (Wildman–Crippen LogP) is 1.55. The van der Waals surface area contributed by atoms with E-state index in [0.717, 1.165) is 11.4 Å². The van der Waals surface area contributed by atoms with Crippen molar-refractivity contribution in [3.63, 3.8) is 0 Å². The summed E-state index contributed by atoms with van der Waals surface area (Å²) in [6.45, 7) is 4.21. The Kier molecular flexibility index (Phi) is 3.39. The Morgan fingerprint density at radius 1 is 1.55 bits per heavy atom. The second-order valence-electron chi connectivity index (χ2n) is 2.76. The van der Waals surface area contributed by atoms with Gasteiger partial charge in [-0.15, -0.1) is 12.4 Å². The first kappa shape index (κ1) is 10.3. The molecule has 0 radical (unpaired) electrons. The van der Waals surface area contributed by atoms with E-state index in [1.807, 2.05) is 11.7 Å². The zero-order valence-corrected chi connectivity index (χ0v) is 7.85. The fraction of sp³-hybridized carbons (Fsp3) is 0.571. The van der Waals surface area contributed by atoms with E-state index in [-0.39, 0.29) is 12.4 Å². The summed E-state index contributed by atoms with van der Waals surface area (Å²) in [5.74, 6) is 0.451. The summed E-state index contributed by atoms with van der Waals surface area (Å²) in [6.07, 6.45) is 1.69. The van der Waals surface area contributed by atoms with Crippen molar-refractivity contribution >= 4 is 18.1 Å². The van der Waals surface area contributed by atoms with Gasteiger partial charge in [0.1, 0.15) is 0 Å². The molecule has 1 rings (SSSR count). The SMILES string of the molecule is CC(C)c1c(N)cnn1C.Cl. The summed E-state index contributed by atoms with van der Waals surface area (Å²) in [6, 6.07) is 0. The van der Waals surface area contributed by atoms with Crippen LogP contribution in [0.2, 0.25) is 0 Å². The quantitative estimate of drug-likeness (QED) is 0.704. The lowest BCUT2D eigenvalue weighted by molar-refractivity contribution is 0.671. The largest absolute Gasteiger partial charge is 0.396 e. The van der Waals surface area contributed by atoms with Crippen LogP contribution in [0.3, 0.4) is 0 Å². The van der Waals surface area contributed by atoms with Gasteiger partial charge >= 0.3 is 0 Å². The van der Waals surface area contributed by atoms with Crippen LogP contribution in [0.5, 0.6) is 0 Å². The minimum absolute atomic E-state index is 0. The van der Waals surface area contributed by atoms with Crippen molar-refractivity contribution < 1.29 is 0 Å². The van der Waals surface area contributed by atoms with Crippen LogP contribution in [0.4, 0.5) is 5.69 Å². The lowest BCUT2D eigenvalue weighted by Crippen LogP contribution is -2.02. The molecule has 0 saturated heterocycles. The third kappa shape index (κ3) is 1.87. The molecule has 0 aliphatic rings. The van der Waals surface area contributed by atoms with Gasteiger partial charge in [-0.2, -0.15) is 5.10 Å². The third-order valence-electron chi connectivity index (χ3n) is 1.56. The van der Waals surface area contributed by atoms with Crippen LogP contribution >= 0.6 is 12.4 Å². The smallest absolute Gasteiger partial charge is 0.0735 e. The molecular formula is C7H14ClN3. The van der Waals surface area contributed by atoms with Gasteiger partial charge in [-0.05, 0) is 5.92 Å². The van der Waals surface area contributed by atoms with Crippen LogP contribution in [0.1, 0.15) is 25.5 Å². The maximum Gasteiger partial charge on any atom is 0.0735 e. The molecule has 3 nitrogen and oxygen atoms in total. The second kappa shape index (κ2) is 3.62. The zero-order valence-electron chi connectivity index (χ0n) is 7.03. The Labute approximate surface area is 73.0 Å². The van der Waals surface area contributed by atoms with Gasteiger partial charge in [-0.3, -0.25) is 4.68 Å². The van der Waals surface area contributed by atoms with Crippen molar-refractivity contribution in [2.75, 3.05) is 5.73 Å². The number of aryl methyl sites for hydroxylation is 1. The molecule has 0 fully saturated rings. The van der Waals surface area contributed by atoms with Crippen LogP contribution in [0.15, 0.2) is 6.20 Å². The average molecular weight is 176 g/mol. The number of halogens is 1. The lowest BCUT2D eigenvalue weighted by Gasteiger charge is -2.05. The highest BCUT2D eigenvalue weighted by molar-refractivity contribution is 5.85. The third-order valence-corrected chi connectivity index (χ3v) is 1.56. The Morgan fingerprint density at radius 2 is 2.09 bits per heavy atom. The number of rotatable bonds is 1. The van der Waals surface area contributed by atoms with E-state index in [9.17, 15) is 0 Å². The molecule has 11 heavy (non-hydrogen) atoms. The molecule has 0 aliphatic heterocycles. The second-order valence-corrected chi connectivity index (χ2v) is 2.76. The summed E-state index contributed by atoms with van der Waals surface area (Å²) >= 11 is 0. The first-order valence-corrected chi connectivity index (χ1v) is 3.40. The van der Waals surface area contributed by atoms with Crippen LogP contribution in [0.25, 0.3) is 0 Å². The van der Waals surface area contributed by atoms with Gasteiger partial charge in [-0.1, -0.05) is 13.8 Å². The van der Waals surface area contributed by atoms with E-state index in [0.29, 0.717) is 5.92 Å². The first-order valence-electron chi connectivity index (χ1n) is 3.40. The van der Waals surface area contributed by atoms with E-state index in [1.165, 1.54) is 0 Å². The molecule has 4 heteroatoms. The minimum atomic E-state index is 0. The molecule has 0 aromatic carbocycles. The molecule has 1 aromatic rings. The topological polar surface area (TPSA) is 43.8 Å². The van der Waals surface area contributed by atoms with Crippen molar-refractivity contribution in [3.05, 3.63) is 11.9 Å². The van der Waals surface area contributed by atoms with E-state index in [1.54, 1.807) is 6.20 Å². The van der Waals surface area contributed by atoms with E-state index in [2.05, 4.69) is 18.9 Å². The Bertz CT molecular complexity index is 210. The molecule has 0 atom stereocenters. The van der Waals surface area contributed by atoms with Crippen molar-refractivity contribution in [1.82, 2.24) is 9.78 Å². The molecule has 64 valence electrons. The van der Waals surface area contributed by atoms with Crippen LogP contribution < -0.4 is 5.73 Å². The Hall–Kier alpha value is -0.700. The molecule has 1 heterocycles. The first-order chi connectivity index (χ1) is 4.63. The number of hydrogen-bond donors (Lipinski definition) is 1. The van der Waals surface area contributed by atoms with Gasteiger partial charge in [-0.25, -0.2) is 0 Å². The molecule has 2 N–H and O–H groups in total. The van der Waals surface area contributed by atoms with Crippen LogP contribution in [-0.2, 0) is 7.05 Å². The predicted molar refractivity (Wildman–Crippen MR) is 49.0 cm³/mol. The van der Waals surface area contributed by atoms with E-state index in [4.69, 9.17) is 5.73 Å². The maximum atomic E-state index is 5.66. The van der Waals surface area contributed by atoms with Gasteiger partial charge in [0.05, 0.1) is 17.6 Å². The van der Waals surface area contributed by atoms with Crippen molar-refractivity contribution in [2.45, 2.75) is 19.8 Å². The number of aromatic nitrogens is 2. The number of nitrogens with two attached hydrogens (primary N) is 1. The standard InChI is InChI=1S/C7H13N3.ClH/c1-5(2)7-6(8)4-9-10(7)3;/h4-5H,8H2,1-3H3;1H. The highest BCUT2D eigenvalue weighted by Crippen LogP contribution is 2.19. The number of anilines is 1. The fourth-order valence-corrected chi connectivity index (χ4v) is 1.17. The molecule has 0 spiro atoms. The molecule has 0 saturated carbocycles. The molecule has 1 aromatic heterocycles. The molecule has 0 aliphatic carbocycles. The average Bonchev–Trinajstić information content (AvgIpc) is 2.11. The van der Waals surface area contributed by atoms with Gasteiger partial charge in [0.25, 0.3) is 0 Å². The Morgan fingerprint density at radius 3 is 2.27 bits per heavy atom. The van der Waals surface area contributed by atoms with Crippen molar-refractivity contribution in [2.24, 2.45) is 7.05 Å². The van der Waals surface area contributed by atoms with E-state index < -0.39 is 0 Å². The summed E-state index contributed by atoms with van der Waals surface area (Å²) in [4.78, 5) is 0. The van der Waals surface area contributed by atoms with Crippen molar-refractivity contribution in [3.8, 4) is 0 Å². The monoisotopic (exact) mass is 175 g/mol. The van der Waals surface area contributed by atoms with E-state index >= 15 is 0 Å². The maximum absolute atomic E-state index is 5.66. The normalized spacial score (nSPS) is 9.82. The summed E-state index contributed by atoms with van der Waals surface area (Å²) in [5.41, 5.74) is 7.56. The van der Waals surface area contributed by atoms with Gasteiger partial charge in [0.15, 0.2) is 0 Å². The van der Waals surface area contributed by atoms with Crippen LogP contribution in [0, 0.1) is 0 Å². The highest BCUT2D eigenvalue weighted by Gasteiger charge is 2.07. The fourth-order valence-electron chi connectivity index (χ4n) is 1.17. The van der Waals surface area contributed by atoms with Gasteiger partial charge < -0.3 is 5.73 Å². The number of nitrogens with zero attached hydrogens (tertiary/aromatic N) is 2. The summed E-state index contributed by atoms with van der Waals surface area (Å²) < 4.78 is 1.82. The minimum Gasteiger partial charge on any atom is -0.396 e. The molecule has 0 amide bonds. The summed E-state index contributed by atoms with van der Waals surface area (Å²) in [7, 11) is 1.91. The molecule has 0 bridgehead atoms. The zero-order chi connectivity index (χ0) is 7.72. The van der Waals surface area contributed by atoms with Crippen molar-refractivity contribution in [1.29, 1.82) is 0 Å². The molecular weight excluding hydrogens is 162 g/mol. The lowest BCUT2D eigenvalue weighted by atomic mass is 10.1. The van der Waals surface area contributed by atoms with Crippen LogP contribution in [-0.4, -0.2) is 9.78 Å². The summed E-state index contributed by atoms with van der Waals surface area (Å²) in [5, 5.41) is 4.03. The molecule has 0 unspecified atom stereocenters.